The first-order valence-corrected chi connectivity index (χ1v) is 12.3. The van der Waals surface area contributed by atoms with Gasteiger partial charge in [0.25, 0.3) is 10.0 Å². The molecule has 1 aromatic heterocycles. The van der Waals surface area contributed by atoms with E-state index in [0.717, 1.165) is 36.3 Å². The van der Waals surface area contributed by atoms with Crippen LogP contribution in [0, 0.1) is 0 Å². The Bertz CT molecular complexity index is 1260. The number of aryl methyl sites for hydroxylation is 1. The standard InChI is InChI=1S/C22H23N3O4S2/c1-24(17-9-3-2-4-10-17)31(28,29)18-11-7-8-16(14-18)23-21(26)15-25-19-12-5-6-13-20(19)30-22(25)27/h2-4,7-11,14H,5-6,12-13,15H2,1H3,(H,23,26). The summed E-state index contributed by atoms with van der Waals surface area (Å²) in [5, 5.41) is 2.73. The van der Waals surface area contributed by atoms with Gasteiger partial charge in [-0.2, -0.15) is 0 Å². The molecule has 0 fully saturated rings. The molecule has 0 aliphatic heterocycles. The normalized spacial score (nSPS) is 13.5. The maximum absolute atomic E-state index is 13.0. The second kappa shape index (κ2) is 8.68. The molecule has 1 heterocycles. The average Bonchev–Trinajstić information content (AvgIpc) is 3.09. The Kier molecular flexibility index (Phi) is 5.97. The summed E-state index contributed by atoms with van der Waals surface area (Å²) >= 11 is 1.21. The summed E-state index contributed by atoms with van der Waals surface area (Å²) in [4.78, 5) is 25.9. The average molecular weight is 458 g/mol. The summed E-state index contributed by atoms with van der Waals surface area (Å²) in [6.45, 7) is -0.0778. The molecule has 0 saturated heterocycles. The number of aromatic nitrogens is 1. The van der Waals surface area contributed by atoms with E-state index in [1.54, 1.807) is 36.4 Å². The molecular formula is C22H23N3O4S2. The van der Waals surface area contributed by atoms with Gasteiger partial charge in [0.05, 0.1) is 10.6 Å². The van der Waals surface area contributed by atoms with E-state index >= 15 is 0 Å². The zero-order valence-corrected chi connectivity index (χ0v) is 18.7. The van der Waals surface area contributed by atoms with E-state index in [1.165, 1.54) is 39.4 Å². The molecule has 0 saturated carbocycles. The Morgan fingerprint density at radius 2 is 1.84 bits per heavy atom. The van der Waals surface area contributed by atoms with Crippen molar-refractivity contribution in [1.82, 2.24) is 4.57 Å². The fourth-order valence-corrected chi connectivity index (χ4v) is 6.02. The van der Waals surface area contributed by atoms with Crippen molar-refractivity contribution < 1.29 is 13.2 Å². The lowest BCUT2D eigenvalue weighted by atomic mass is 10.0. The van der Waals surface area contributed by atoms with Gasteiger partial charge in [-0.25, -0.2) is 8.42 Å². The second-order valence-electron chi connectivity index (χ2n) is 7.42. The maximum atomic E-state index is 13.0. The molecule has 4 rings (SSSR count). The van der Waals surface area contributed by atoms with E-state index in [4.69, 9.17) is 0 Å². The van der Waals surface area contributed by atoms with Crippen LogP contribution in [0.3, 0.4) is 0 Å². The quantitative estimate of drug-likeness (QED) is 0.615. The molecule has 31 heavy (non-hydrogen) atoms. The van der Waals surface area contributed by atoms with Gasteiger partial charge in [0.15, 0.2) is 0 Å². The van der Waals surface area contributed by atoms with Crippen molar-refractivity contribution >= 4 is 38.6 Å². The van der Waals surface area contributed by atoms with Gasteiger partial charge in [0.1, 0.15) is 6.54 Å². The minimum Gasteiger partial charge on any atom is -0.324 e. The highest BCUT2D eigenvalue weighted by molar-refractivity contribution is 7.92. The van der Waals surface area contributed by atoms with E-state index in [1.807, 2.05) is 6.07 Å². The Hall–Kier alpha value is -2.91. The molecule has 0 atom stereocenters. The number of anilines is 2. The third-order valence-corrected chi connectivity index (χ3v) is 8.21. The predicted octanol–water partition coefficient (Wildman–Crippen LogP) is 3.25. The molecule has 3 aromatic rings. The van der Waals surface area contributed by atoms with Gasteiger partial charge in [-0.1, -0.05) is 35.6 Å². The van der Waals surface area contributed by atoms with E-state index in [9.17, 15) is 18.0 Å². The van der Waals surface area contributed by atoms with E-state index in [2.05, 4.69) is 5.32 Å². The second-order valence-corrected chi connectivity index (χ2v) is 10.4. The largest absolute Gasteiger partial charge is 0.324 e. The lowest BCUT2D eigenvalue weighted by Crippen LogP contribution is -2.27. The van der Waals surface area contributed by atoms with Gasteiger partial charge < -0.3 is 5.32 Å². The fraction of sp³-hybridized carbons (Fsp3) is 0.273. The number of sulfonamides is 1. The Balaban J connectivity index is 1.52. The highest BCUT2D eigenvalue weighted by Gasteiger charge is 2.22. The van der Waals surface area contributed by atoms with Gasteiger partial charge in [-0.05, 0) is 56.0 Å². The third kappa shape index (κ3) is 4.42. The maximum Gasteiger partial charge on any atom is 0.308 e. The number of fused-ring (bicyclic) bond motifs is 1. The van der Waals surface area contributed by atoms with Crippen molar-refractivity contribution in [1.29, 1.82) is 0 Å². The Morgan fingerprint density at radius 3 is 2.61 bits per heavy atom. The number of rotatable bonds is 6. The number of nitrogens with one attached hydrogen (secondary N) is 1. The number of carbonyl (C=O) groups excluding carboxylic acids is 1. The molecule has 1 N–H and O–H groups in total. The SMILES string of the molecule is CN(c1ccccc1)S(=O)(=O)c1cccc(NC(=O)Cn2c3c(sc2=O)CCCC3)c1. The minimum absolute atomic E-state index is 0.0710. The number of benzene rings is 2. The van der Waals surface area contributed by atoms with Crippen molar-refractivity contribution in [2.75, 3.05) is 16.7 Å². The van der Waals surface area contributed by atoms with E-state index < -0.39 is 10.0 Å². The number of nitrogens with zero attached hydrogens (tertiary/aromatic N) is 2. The van der Waals surface area contributed by atoms with Gasteiger partial charge in [-0.3, -0.25) is 18.5 Å². The lowest BCUT2D eigenvalue weighted by Gasteiger charge is -2.20. The zero-order valence-electron chi connectivity index (χ0n) is 17.1. The van der Waals surface area contributed by atoms with Gasteiger partial charge in [0.2, 0.25) is 5.91 Å². The van der Waals surface area contributed by atoms with Gasteiger partial charge >= 0.3 is 4.87 Å². The first-order valence-electron chi connectivity index (χ1n) is 10.0. The number of carbonyl (C=O) groups is 1. The molecule has 9 heteroatoms. The summed E-state index contributed by atoms with van der Waals surface area (Å²) in [6, 6.07) is 14.9. The molecule has 0 bridgehead atoms. The zero-order chi connectivity index (χ0) is 22.0. The molecule has 1 aliphatic rings. The molecule has 7 nitrogen and oxygen atoms in total. The molecule has 1 aliphatic carbocycles. The molecule has 0 radical (unpaired) electrons. The van der Waals surface area contributed by atoms with Crippen LogP contribution in [0.4, 0.5) is 11.4 Å². The van der Waals surface area contributed by atoms with E-state index in [0.29, 0.717) is 11.4 Å². The number of hydrogen-bond donors (Lipinski definition) is 1. The monoisotopic (exact) mass is 457 g/mol. The summed E-state index contributed by atoms with van der Waals surface area (Å²) in [5.74, 6) is -0.362. The van der Waals surface area contributed by atoms with Gasteiger partial charge in [0, 0.05) is 23.3 Å². The summed E-state index contributed by atoms with van der Waals surface area (Å²) in [5.41, 5.74) is 1.86. The Labute approximate surface area is 185 Å². The lowest BCUT2D eigenvalue weighted by molar-refractivity contribution is -0.116. The number of para-hydroxylation sites is 1. The number of amides is 1. The fourth-order valence-electron chi connectivity index (χ4n) is 3.70. The molecule has 0 spiro atoms. The minimum atomic E-state index is -3.79. The Morgan fingerprint density at radius 1 is 1.10 bits per heavy atom. The summed E-state index contributed by atoms with van der Waals surface area (Å²) < 4.78 is 28.7. The van der Waals surface area contributed by atoms with Crippen molar-refractivity contribution in [2.45, 2.75) is 37.1 Å². The van der Waals surface area contributed by atoms with Crippen LogP contribution in [-0.4, -0.2) is 25.9 Å². The van der Waals surface area contributed by atoms with Crippen LogP contribution in [0.15, 0.2) is 64.3 Å². The van der Waals surface area contributed by atoms with E-state index in [-0.39, 0.29) is 22.2 Å². The van der Waals surface area contributed by atoms with Crippen molar-refractivity contribution in [3.8, 4) is 0 Å². The highest BCUT2D eigenvalue weighted by Crippen LogP contribution is 2.25. The van der Waals surface area contributed by atoms with Crippen molar-refractivity contribution in [2.24, 2.45) is 0 Å². The summed E-state index contributed by atoms with van der Waals surface area (Å²) in [6.07, 6.45) is 3.77. The first kappa shape index (κ1) is 21.3. The predicted molar refractivity (Wildman–Crippen MR) is 122 cm³/mol. The topological polar surface area (TPSA) is 88.5 Å². The molecule has 1 amide bonds. The van der Waals surface area contributed by atoms with Crippen LogP contribution in [0.25, 0.3) is 0 Å². The van der Waals surface area contributed by atoms with Crippen LogP contribution < -0.4 is 14.5 Å². The molecule has 162 valence electrons. The molecular weight excluding hydrogens is 434 g/mol. The number of hydrogen-bond acceptors (Lipinski definition) is 5. The third-order valence-electron chi connectivity index (χ3n) is 5.34. The van der Waals surface area contributed by atoms with Crippen LogP contribution in [0.1, 0.15) is 23.4 Å². The molecule has 2 aromatic carbocycles. The van der Waals surface area contributed by atoms with Crippen molar-refractivity contribution in [3.05, 3.63) is 74.8 Å². The number of thiazole rings is 1. The molecule has 0 unspecified atom stereocenters. The van der Waals surface area contributed by atoms with Crippen LogP contribution >= 0.6 is 11.3 Å². The van der Waals surface area contributed by atoms with Crippen LogP contribution in [-0.2, 0) is 34.2 Å². The van der Waals surface area contributed by atoms with Crippen LogP contribution in [0.5, 0.6) is 0 Å². The van der Waals surface area contributed by atoms with Gasteiger partial charge in [-0.15, -0.1) is 0 Å². The van der Waals surface area contributed by atoms with Crippen molar-refractivity contribution in [3.63, 3.8) is 0 Å². The van der Waals surface area contributed by atoms with Crippen LogP contribution in [0.2, 0.25) is 0 Å². The highest BCUT2D eigenvalue weighted by atomic mass is 32.2. The smallest absolute Gasteiger partial charge is 0.308 e. The first-order chi connectivity index (χ1) is 14.9. The summed E-state index contributed by atoms with van der Waals surface area (Å²) in [7, 11) is -2.30.